The molecule has 3 aliphatic rings. The highest BCUT2D eigenvalue weighted by atomic mass is 32.2. The average Bonchev–Trinajstić information content (AvgIpc) is 3.41. The fourth-order valence-electron chi connectivity index (χ4n) is 4.04. The Morgan fingerprint density at radius 1 is 1.15 bits per heavy atom. The van der Waals surface area contributed by atoms with Crippen LogP contribution in [-0.4, -0.2) is 50.0 Å². The summed E-state index contributed by atoms with van der Waals surface area (Å²) in [4.78, 5) is 12.6. The maximum absolute atomic E-state index is 12.9. The van der Waals surface area contributed by atoms with Crippen LogP contribution in [0.1, 0.15) is 44.1 Å². The van der Waals surface area contributed by atoms with Crippen LogP contribution < -0.4 is 5.32 Å². The first-order valence-corrected chi connectivity index (χ1v) is 11.3. The maximum Gasteiger partial charge on any atom is 0.249 e. The van der Waals surface area contributed by atoms with Crippen LogP contribution in [0.4, 0.5) is 0 Å². The lowest BCUT2D eigenvalue weighted by atomic mass is 9.89. The topological polar surface area (TPSA) is 75.7 Å². The molecule has 2 heterocycles. The fraction of sp³-hybridized carbons (Fsp3) is 0.650. The minimum Gasteiger partial charge on any atom is -0.362 e. The molecular formula is C20H28N2O4S. The molecular weight excluding hydrogens is 364 g/mol. The molecule has 7 heteroatoms. The zero-order valence-electron chi connectivity index (χ0n) is 15.8. The van der Waals surface area contributed by atoms with Crippen molar-refractivity contribution in [3.05, 3.63) is 29.8 Å². The number of piperidine rings is 1. The zero-order chi connectivity index (χ0) is 19.1. The van der Waals surface area contributed by atoms with Gasteiger partial charge in [0.15, 0.2) is 0 Å². The number of rotatable bonds is 5. The second-order valence-corrected chi connectivity index (χ2v) is 10.2. The predicted octanol–water partition coefficient (Wildman–Crippen LogP) is 2.22. The number of hydrogen-bond acceptors (Lipinski definition) is 4. The lowest BCUT2D eigenvalue weighted by Crippen LogP contribution is -2.47. The normalized spacial score (nSPS) is 25.6. The molecule has 4 rings (SSSR count). The summed E-state index contributed by atoms with van der Waals surface area (Å²) in [6, 6.07) is 6.98. The quantitative estimate of drug-likeness (QED) is 0.834. The molecule has 0 aromatic heterocycles. The number of amides is 1. The van der Waals surface area contributed by atoms with E-state index in [1.807, 2.05) is 19.1 Å². The van der Waals surface area contributed by atoms with Gasteiger partial charge in [-0.3, -0.25) is 4.79 Å². The van der Waals surface area contributed by atoms with Crippen LogP contribution in [-0.2, 0) is 19.6 Å². The Labute approximate surface area is 161 Å². The number of nitrogens with one attached hydrogen (secondary N) is 1. The molecule has 3 fully saturated rings. The van der Waals surface area contributed by atoms with Crippen molar-refractivity contribution >= 4 is 15.9 Å². The summed E-state index contributed by atoms with van der Waals surface area (Å²) in [7, 11) is -3.47. The van der Waals surface area contributed by atoms with Crippen molar-refractivity contribution in [3.8, 4) is 0 Å². The van der Waals surface area contributed by atoms with Gasteiger partial charge in [-0.25, -0.2) is 8.42 Å². The third kappa shape index (κ3) is 4.05. The van der Waals surface area contributed by atoms with Gasteiger partial charge in [-0.1, -0.05) is 17.7 Å². The van der Waals surface area contributed by atoms with E-state index >= 15 is 0 Å². The number of carbonyl (C=O) groups is 1. The Hall–Kier alpha value is -1.44. The summed E-state index contributed by atoms with van der Waals surface area (Å²) in [5.41, 5.74) is 0.692. The van der Waals surface area contributed by atoms with Gasteiger partial charge in [-0.2, -0.15) is 4.31 Å². The Kier molecular flexibility index (Phi) is 5.03. The number of hydrogen-bond donors (Lipinski definition) is 1. The van der Waals surface area contributed by atoms with E-state index in [9.17, 15) is 13.2 Å². The molecule has 2 aliphatic heterocycles. The molecule has 1 amide bonds. The number of sulfonamides is 1. The third-order valence-electron chi connectivity index (χ3n) is 6.10. The number of carbonyl (C=O) groups excluding carboxylic acids is 1. The second-order valence-electron chi connectivity index (χ2n) is 8.23. The Balaban J connectivity index is 1.34. The van der Waals surface area contributed by atoms with Crippen LogP contribution in [0.2, 0.25) is 0 Å². The first-order chi connectivity index (χ1) is 12.9. The van der Waals surface area contributed by atoms with Crippen molar-refractivity contribution in [1.82, 2.24) is 9.62 Å². The lowest BCUT2D eigenvalue weighted by molar-refractivity contribution is -0.139. The number of aryl methyl sites for hydroxylation is 1. The second kappa shape index (κ2) is 7.18. The van der Waals surface area contributed by atoms with Gasteiger partial charge >= 0.3 is 0 Å². The van der Waals surface area contributed by atoms with Gasteiger partial charge in [0, 0.05) is 19.6 Å². The molecule has 2 saturated heterocycles. The molecule has 0 bridgehead atoms. The Morgan fingerprint density at radius 3 is 2.44 bits per heavy atom. The van der Waals surface area contributed by atoms with Crippen LogP contribution in [0.25, 0.3) is 0 Å². The highest BCUT2D eigenvalue weighted by Crippen LogP contribution is 2.40. The van der Waals surface area contributed by atoms with Gasteiger partial charge in [-0.05, 0) is 63.5 Å². The van der Waals surface area contributed by atoms with Gasteiger partial charge < -0.3 is 10.1 Å². The van der Waals surface area contributed by atoms with Crippen LogP contribution in [0.5, 0.6) is 0 Å². The first kappa shape index (κ1) is 18.9. The van der Waals surface area contributed by atoms with Crippen molar-refractivity contribution in [3.63, 3.8) is 0 Å². The number of nitrogens with zero attached hydrogens (tertiary/aromatic N) is 1. The lowest BCUT2D eigenvalue weighted by Gasteiger charge is -2.38. The van der Waals surface area contributed by atoms with Crippen LogP contribution in [0, 0.1) is 12.8 Å². The number of ether oxygens (including phenoxy) is 1. The summed E-state index contributed by atoms with van der Waals surface area (Å²) in [5, 5.41) is 3.00. The van der Waals surface area contributed by atoms with E-state index in [2.05, 4.69) is 5.32 Å². The standard InChI is InChI=1S/C20H28N2O4S/c1-15-2-6-17(7-3-15)27(24,25)22-12-10-20(11-13-22)9-8-18(26-20)19(23)21-14-16-4-5-16/h2-3,6-7,16,18H,4-5,8-14H2,1H3,(H,21,23)/t18-/m0/s1. The van der Waals surface area contributed by atoms with E-state index in [4.69, 9.17) is 4.74 Å². The van der Waals surface area contributed by atoms with Crippen LogP contribution in [0.15, 0.2) is 29.2 Å². The number of benzene rings is 1. The Morgan fingerprint density at radius 2 is 1.81 bits per heavy atom. The van der Waals surface area contributed by atoms with E-state index in [1.54, 1.807) is 16.4 Å². The van der Waals surface area contributed by atoms with E-state index in [1.165, 1.54) is 12.8 Å². The molecule has 1 aromatic rings. The molecule has 1 aromatic carbocycles. The summed E-state index contributed by atoms with van der Waals surface area (Å²) < 4.78 is 33.4. The predicted molar refractivity (Wildman–Crippen MR) is 102 cm³/mol. The fourth-order valence-corrected chi connectivity index (χ4v) is 5.48. The average molecular weight is 393 g/mol. The molecule has 1 N–H and O–H groups in total. The SMILES string of the molecule is Cc1ccc(S(=O)(=O)N2CCC3(CC[C@@H](C(=O)NCC4CC4)O3)CC2)cc1. The van der Waals surface area contributed by atoms with E-state index in [0.717, 1.165) is 24.9 Å². The highest BCUT2D eigenvalue weighted by Gasteiger charge is 2.46. The molecule has 0 unspecified atom stereocenters. The first-order valence-electron chi connectivity index (χ1n) is 9.90. The van der Waals surface area contributed by atoms with Crippen LogP contribution in [0.3, 0.4) is 0 Å². The third-order valence-corrected chi connectivity index (χ3v) is 8.01. The summed E-state index contributed by atoms with van der Waals surface area (Å²) in [6.07, 6.45) is 4.87. The minimum absolute atomic E-state index is 0.00604. The molecule has 1 saturated carbocycles. The molecule has 1 spiro atoms. The van der Waals surface area contributed by atoms with Crippen molar-refractivity contribution in [2.24, 2.45) is 5.92 Å². The smallest absolute Gasteiger partial charge is 0.249 e. The summed E-state index contributed by atoms with van der Waals surface area (Å²) in [5.74, 6) is 0.646. The Bertz CT molecular complexity index is 794. The molecule has 148 valence electrons. The molecule has 6 nitrogen and oxygen atoms in total. The molecule has 0 radical (unpaired) electrons. The zero-order valence-corrected chi connectivity index (χ0v) is 16.6. The molecule has 1 atom stereocenters. The minimum atomic E-state index is -3.47. The van der Waals surface area contributed by atoms with Gasteiger partial charge in [0.1, 0.15) is 6.10 Å². The van der Waals surface area contributed by atoms with Crippen molar-refractivity contribution in [2.75, 3.05) is 19.6 Å². The van der Waals surface area contributed by atoms with Gasteiger partial charge in [0.05, 0.1) is 10.5 Å². The summed E-state index contributed by atoms with van der Waals surface area (Å²) in [6.45, 7) is 3.57. The van der Waals surface area contributed by atoms with E-state index in [-0.39, 0.29) is 17.6 Å². The van der Waals surface area contributed by atoms with E-state index < -0.39 is 10.0 Å². The van der Waals surface area contributed by atoms with E-state index in [0.29, 0.717) is 36.7 Å². The van der Waals surface area contributed by atoms with Gasteiger partial charge in [-0.15, -0.1) is 0 Å². The molecule has 27 heavy (non-hydrogen) atoms. The van der Waals surface area contributed by atoms with Gasteiger partial charge in [0.2, 0.25) is 15.9 Å². The molecule has 1 aliphatic carbocycles. The van der Waals surface area contributed by atoms with Crippen molar-refractivity contribution in [2.45, 2.75) is 62.0 Å². The monoisotopic (exact) mass is 392 g/mol. The van der Waals surface area contributed by atoms with Gasteiger partial charge in [0.25, 0.3) is 0 Å². The summed E-state index contributed by atoms with van der Waals surface area (Å²) >= 11 is 0. The van der Waals surface area contributed by atoms with Crippen molar-refractivity contribution < 1.29 is 17.9 Å². The van der Waals surface area contributed by atoms with Crippen LogP contribution >= 0.6 is 0 Å². The van der Waals surface area contributed by atoms with Crippen molar-refractivity contribution in [1.29, 1.82) is 0 Å². The largest absolute Gasteiger partial charge is 0.362 e. The maximum atomic E-state index is 12.9. The highest BCUT2D eigenvalue weighted by molar-refractivity contribution is 7.89.